The zero-order valence-electron chi connectivity index (χ0n) is 13.2. The molecular weight excluding hydrogens is 276 g/mol. The molecule has 4 nitrogen and oxygen atoms in total. The van der Waals surface area contributed by atoms with E-state index in [9.17, 15) is 4.79 Å². The molecule has 3 aliphatic heterocycles. The van der Waals surface area contributed by atoms with E-state index in [1.54, 1.807) is 0 Å². The van der Waals surface area contributed by atoms with Crippen molar-refractivity contribution in [2.45, 2.75) is 24.8 Å². The van der Waals surface area contributed by atoms with Gasteiger partial charge in [0.15, 0.2) is 0 Å². The summed E-state index contributed by atoms with van der Waals surface area (Å²) in [6.07, 6.45) is 2.08. The highest BCUT2D eigenvalue weighted by Crippen LogP contribution is 2.50. The molecule has 3 atom stereocenters. The van der Waals surface area contributed by atoms with Crippen LogP contribution in [0.5, 0.6) is 0 Å². The van der Waals surface area contributed by atoms with Gasteiger partial charge in [0.1, 0.15) is 0 Å². The van der Waals surface area contributed by atoms with E-state index in [1.807, 2.05) is 11.9 Å². The van der Waals surface area contributed by atoms with E-state index in [4.69, 9.17) is 4.74 Å². The number of rotatable bonds is 2. The second-order valence-corrected chi connectivity index (χ2v) is 7.04. The lowest BCUT2D eigenvalue weighted by atomic mass is 9.73. The number of hydrogen-bond donors (Lipinski definition) is 0. The largest absolute Gasteiger partial charge is 0.380 e. The summed E-state index contributed by atoms with van der Waals surface area (Å²) in [5.74, 6) is 0.648. The van der Waals surface area contributed by atoms with Crippen LogP contribution in [0.3, 0.4) is 0 Å². The van der Waals surface area contributed by atoms with Gasteiger partial charge in [-0.1, -0.05) is 30.3 Å². The third kappa shape index (κ3) is 2.09. The third-order valence-corrected chi connectivity index (χ3v) is 5.86. The van der Waals surface area contributed by atoms with E-state index in [2.05, 4.69) is 35.2 Å². The van der Waals surface area contributed by atoms with Crippen molar-refractivity contribution in [1.82, 2.24) is 9.80 Å². The van der Waals surface area contributed by atoms with Crippen LogP contribution in [0.2, 0.25) is 0 Å². The molecule has 1 spiro atoms. The van der Waals surface area contributed by atoms with Crippen LogP contribution in [0.15, 0.2) is 30.3 Å². The van der Waals surface area contributed by atoms with Gasteiger partial charge in [0, 0.05) is 45.2 Å². The molecule has 3 fully saturated rings. The molecule has 0 saturated carbocycles. The van der Waals surface area contributed by atoms with Crippen LogP contribution in [0.4, 0.5) is 0 Å². The average molecular weight is 300 g/mol. The zero-order chi connectivity index (χ0) is 15.2. The van der Waals surface area contributed by atoms with Crippen LogP contribution in [-0.4, -0.2) is 61.6 Å². The summed E-state index contributed by atoms with van der Waals surface area (Å²) >= 11 is 0. The fourth-order valence-corrected chi connectivity index (χ4v) is 4.57. The van der Waals surface area contributed by atoms with Crippen LogP contribution >= 0.6 is 0 Å². The minimum absolute atomic E-state index is 0.224. The van der Waals surface area contributed by atoms with Gasteiger partial charge in [0.2, 0.25) is 5.91 Å². The van der Waals surface area contributed by atoms with Crippen molar-refractivity contribution in [2.75, 3.05) is 39.9 Å². The molecular formula is C18H24N2O2. The van der Waals surface area contributed by atoms with Gasteiger partial charge in [-0.05, 0) is 18.4 Å². The lowest BCUT2D eigenvalue weighted by Crippen LogP contribution is -2.40. The lowest BCUT2D eigenvalue weighted by Gasteiger charge is -2.29. The fraction of sp³-hybridized carbons (Fsp3) is 0.611. The lowest BCUT2D eigenvalue weighted by molar-refractivity contribution is -0.135. The first-order chi connectivity index (χ1) is 10.7. The van der Waals surface area contributed by atoms with E-state index < -0.39 is 0 Å². The first-order valence-electron chi connectivity index (χ1n) is 8.33. The molecule has 1 aromatic rings. The normalized spacial score (nSPS) is 35.9. The van der Waals surface area contributed by atoms with E-state index >= 15 is 0 Å². The molecule has 3 aliphatic rings. The maximum atomic E-state index is 12.9. The maximum Gasteiger partial charge on any atom is 0.230 e. The van der Waals surface area contributed by atoms with Gasteiger partial charge in [-0.2, -0.15) is 0 Å². The molecule has 0 bridgehead atoms. The van der Waals surface area contributed by atoms with Crippen LogP contribution in [-0.2, 0) is 9.53 Å². The van der Waals surface area contributed by atoms with Crippen molar-refractivity contribution in [3.8, 4) is 0 Å². The molecule has 4 heteroatoms. The number of likely N-dealkylation sites (tertiary alicyclic amines) is 2. The number of amides is 1. The summed E-state index contributed by atoms with van der Waals surface area (Å²) in [4.78, 5) is 17.4. The number of hydrogen-bond acceptors (Lipinski definition) is 3. The molecule has 3 saturated heterocycles. The minimum Gasteiger partial charge on any atom is -0.380 e. The van der Waals surface area contributed by atoms with E-state index in [-0.39, 0.29) is 5.41 Å². The number of carbonyl (C=O) groups is 1. The van der Waals surface area contributed by atoms with E-state index in [0.717, 1.165) is 45.7 Å². The Morgan fingerprint density at radius 3 is 2.73 bits per heavy atom. The Morgan fingerprint density at radius 2 is 2.09 bits per heavy atom. The third-order valence-electron chi connectivity index (χ3n) is 5.86. The molecule has 22 heavy (non-hydrogen) atoms. The van der Waals surface area contributed by atoms with Crippen LogP contribution in [0.25, 0.3) is 0 Å². The van der Waals surface area contributed by atoms with Crippen molar-refractivity contribution < 1.29 is 9.53 Å². The molecule has 1 unspecified atom stereocenters. The molecule has 1 amide bonds. The van der Waals surface area contributed by atoms with Gasteiger partial charge in [-0.3, -0.25) is 9.69 Å². The number of ether oxygens (including phenoxy) is 1. The molecule has 0 N–H and O–H groups in total. The van der Waals surface area contributed by atoms with Crippen LogP contribution in [0.1, 0.15) is 24.3 Å². The van der Waals surface area contributed by atoms with Gasteiger partial charge in [0.25, 0.3) is 0 Å². The first-order valence-corrected chi connectivity index (χ1v) is 8.33. The number of nitrogens with zero attached hydrogens (tertiary/aromatic N) is 2. The quantitative estimate of drug-likeness (QED) is 0.834. The Labute approximate surface area is 132 Å². The molecule has 4 rings (SSSR count). The summed E-state index contributed by atoms with van der Waals surface area (Å²) < 4.78 is 5.57. The van der Waals surface area contributed by atoms with Crippen molar-refractivity contribution in [3.63, 3.8) is 0 Å². The molecule has 0 aliphatic carbocycles. The monoisotopic (exact) mass is 300 g/mol. The molecule has 1 aromatic carbocycles. The Morgan fingerprint density at radius 1 is 1.27 bits per heavy atom. The average Bonchev–Trinajstić information content (AvgIpc) is 3.25. The van der Waals surface area contributed by atoms with Gasteiger partial charge in [-0.25, -0.2) is 0 Å². The second kappa shape index (κ2) is 5.36. The van der Waals surface area contributed by atoms with Gasteiger partial charge in [0.05, 0.1) is 12.0 Å². The predicted octanol–water partition coefficient (Wildman–Crippen LogP) is 1.72. The highest BCUT2D eigenvalue weighted by Gasteiger charge is 2.57. The Hall–Kier alpha value is -1.39. The van der Waals surface area contributed by atoms with Crippen LogP contribution < -0.4 is 0 Å². The van der Waals surface area contributed by atoms with Crippen LogP contribution in [0, 0.1) is 5.41 Å². The Kier molecular flexibility index (Phi) is 3.46. The van der Waals surface area contributed by atoms with Gasteiger partial charge >= 0.3 is 0 Å². The van der Waals surface area contributed by atoms with Crippen molar-refractivity contribution in [3.05, 3.63) is 35.9 Å². The van der Waals surface area contributed by atoms with E-state index in [0.29, 0.717) is 17.9 Å². The standard InChI is InChI=1S/C18H24N2O2/c1-19-9-8-18(17(19)21)13-20(15-7-10-22-12-15)11-16(18)14-5-3-2-4-6-14/h2-6,15-16H,7-13H2,1H3/t15?,16-,18+/m1/s1. The van der Waals surface area contributed by atoms with Crippen molar-refractivity contribution in [2.24, 2.45) is 5.41 Å². The summed E-state index contributed by atoms with van der Waals surface area (Å²) in [6.45, 7) is 4.44. The summed E-state index contributed by atoms with van der Waals surface area (Å²) in [6, 6.07) is 11.1. The smallest absolute Gasteiger partial charge is 0.230 e. The highest BCUT2D eigenvalue weighted by molar-refractivity contribution is 5.86. The maximum absolute atomic E-state index is 12.9. The predicted molar refractivity (Wildman–Crippen MR) is 84.7 cm³/mol. The topological polar surface area (TPSA) is 32.8 Å². The molecule has 0 aromatic heterocycles. The molecule has 118 valence electrons. The molecule has 3 heterocycles. The molecule has 0 radical (unpaired) electrons. The van der Waals surface area contributed by atoms with Gasteiger partial charge < -0.3 is 9.64 Å². The summed E-state index contributed by atoms with van der Waals surface area (Å²) in [5, 5.41) is 0. The fourth-order valence-electron chi connectivity index (χ4n) is 4.57. The van der Waals surface area contributed by atoms with Crippen molar-refractivity contribution in [1.29, 1.82) is 0 Å². The Bertz CT molecular complexity index is 555. The zero-order valence-corrected chi connectivity index (χ0v) is 13.2. The second-order valence-electron chi connectivity index (χ2n) is 7.04. The number of benzene rings is 1. The van der Waals surface area contributed by atoms with Crippen molar-refractivity contribution >= 4 is 5.91 Å². The first kappa shape index (κ1) is 14.2. The summed E-state index contributed by atoms with van der Waals surface area (Å²) in [7, 11) is 1.94. The number of carbonyl (C=O) groups excluding carboxylic acids is 1. The van der Waals surface area contributed by atoms with Gasteiger partial charge in [-0.15, -0.1) is 0 Å². The SMILES string of the molecule is CN1CC[C@@]2(CN(C3CCOC3)C[C@@H]2c2ccccc2)C1=O. The minimum atomic E-state index is -0.224. The van der Waals surface area contributed by atoms with E-state index in [1.165, 1.54) is 5.56 Å². The highest BCUT2D eigenvalue weighted by atomic mass is 16.5. The summed E-state index contributed by atoms with van der Waals surface area (Å²) in [5.41, 5.74) is 1.09. The Balaban J connectivity index is 1.68.